The van der Waals surface area contributed by atoms with Crippen molar-refractivity contribution >= 4 is 28.7 Å². The standard InChI is InChI=1S/C19H24N2S/c1-4-5-8-16-9-6-7-10-18(16)21-19(22)20-17-12-11-14(2)13-15(17)3/h6-7,9-13H,4-5,8H2,1-3H3,(H2,20,21,22). The lowest BCUT2D eigenvalue weighted by Gasteiger charge is -2.15. The SMILES string of the molecule is CCCCc1ccccc1NC(=S)Nc1ccc(C)cc1C. The molecule has 0 aliphatic heterocycles. The molecular weight excluding hydrogens is 288 g/mol. The topological polar surface area (TPSA) is 24.1 Å². The van der Waals surface area contributed by atoms with Gasteiger partial charge in [0.25, 0.3) is 0 Å². The van der Waals surface area contributed by atoms with Gasteiger partial charge in [-0.15, -0.1) is 0 Å². The van der Waals surface area contributed by atoms with Gasteiger partial charge in [0.1, 0.15) is 0 Å². The summed E-state index contributed by atoms with van der Waals surface area (Å²) in [7, 11) is 0. The van der Waals surface area contributed by atoms with Crippen molar-refractivity contribution in [2.45, 2.75) is 40.0 Å². The van der Waals surface area contributed by atoms with Gasteiger partial charge in [0.05, 0.1) is 0 Å². The molecule has 2 N–H and O–H groups in total. The Hall–Kier alpha value is -1.87. The van der Waals surface area contributed by atoms with E-state index in [1.54, 1.807) is 0 Å². The van der Waals surface area contributed by atoms with Gasteiger partial charge in [0.15, 0.2) is 5.11 Å². The van der Waals surface area contributed by atoms with Gasteiger partial charge in [-0.25, -0.2) is 0 Å². The monoisotopic (exact) mass is 312 g/mol. The van der Waals surface area contributed by atoms with E-state index in [2.05, 4.69) is 67.8 Å². The Morgan fingerprint density at radius 3 is 2.45 bits per heavy atom. The summed E-state index contributed by atoms with van der Waals surface area (Å²) in [5, 5.41) is 7.25. The first-order chi connectivity index (χ1) is 10.6. The van der Waals surface area contributed by atoms with Gasteiger partial charge in [-0.2, -0.15) is 0 Å². The van der Waals surface area contributed by atoms with Crippen molar-refractivity contribution in [1.82, 2.24) is 0 Å². The number of anilines is 2. The molecule has 0 heterocycles. The number of thiocarbonyl (C=S) groups is 1. The Balaban J connectivity index is 2.06. The van der Waals surface area contributed by atoms with E-state index in [1.165, 1.54) is 29.5 Å². The molecule has 0 aromatic heterocycles. The van der Waals surface area contributed by atoms with E-state index < -0.39 is 0 Å². The number of benzene rings is 2. The van der Waals surface area contributed by atoms with E-state index in [-0.39, 0.29) is 0 Å². The molecule has 0 radical (unpaired) electrons. The van der Waals surface area contributed by atoms with Crippen LogP contribution >= 0.6 is 12.2 Å². The minimum absolute atomic E-state index is 0.635. The zero-order valence-corrected chi connectivity index (χ0v) is 14.4. The molecule has 116 valence electrons. The normalized spacial score (nSPS) is 10.3. The Kier molecular flexibility index (Phi) is 5.96. The summed E-state index contributed by atoms with van der Waals surface area (Å²) in [6, 6.07) is 14.7. The van der Waals surface area contributed by atoms with Gasteiger partial charge in [-0.3, -0.25) is 0 Å². The summed E-state index contributed by atoms with van der Waals surface area (Å²) in [6.07, 6.45) is 3.46. The van der Waals surface area contributed by atoms with Crippen molar-refractivity contribution in [3.63, 3.8) is 0 Å². The van der Waals surface area contributed by atoms with Crippen LogP contribution in [0.2, 0.25) is 0 Å². The second-order valence-corrected chi connectivity index (χ2v) is 6.07. The molecule has 0 amide bonds. The van der Waals surface area contributed by atoms with Gasteiger partial charge in [-0.1, -0.05) is 49.2 Å². The second-order valence-electron chi connectivity index (χ2n) is 5.66. The third kappa shape index (κ3) is 4.57. The number of nitrogens with one attached hydrogen (secondary N) is 2. The van der Waals surface area contributed by atoms with Crippen molar-refractivity contribution in [2.24, 2.45) is 0 Å². The Morgan fingerprint density at radius 2 is 1.73 bits per heavy atom. The van der Waals surface area contributed by atoms with Crippen molar-refractivity contribution in [2.75, 3.05) is 10.6 Å². The lowest BCUT2D eigenvalue weighted by Crippen LogP contribution is -2.20. The van der Waals surface area contributed by atoms with E-state index in [4.69, 9.17) is 12.2 Å². The zero-order chi connectivity index (χ0) is 15.9. The zero-order valence-electron chi connectivity index (χ0n) is 13.6. The van der Waals surface area contributed by atoms with Gasteiger partial charge >= 0.3 is 0 Å². The summed E-state index contributed by atoms with van der Waals surface area (Å²) in [6.45, 7) is 6.40. The van der Waals surface area contributed by atoms with Crippen molar-refractivity contribution in [3.8, 4) is 0 Å². The maximum absolute atomic E-state index is 5.46. The van der Waals surface area contributed by atoms with Crippen LogP contribution in [-0.4, -0.2) is 5.11 Å². The summed E-state index contributed by atoms with van der Waals surface area (Å²) < 4.78 is 0. The summed E-state index contributed by atoms with van der Waals surface area (Å²) in [4.78, 5) is 0. The fraction of sp³-hybridized carbons (Fsp3) is 0.316. The van der Waals surface area contributed by atoms with Crippen LogP contribution in [0.4, 0.5) is 11.4 Å². The van der Waals surface area contributed by atoms with Gasteiger partial charge in [-0.05, 0) is 62.2 Å². The third-order valence-corrected chi connectivity index (χ3v) is 3.90. The minimum atomic E-state index is 0.635. The highest BCUT2D eigenvalue weighted by molar-refractivity contribution is 7.80. The van der Waals surface area contributed by atoms with Crippen LogP contribution in [0.5, 0.6) is 0 Å². The van der Waals surface area contributed by atoms with Crippen LogP contribution in [0.3, 0.4) is 0 Å². The van der Waals surface area contributed by atoms with Crippen LogP contribution in [0, 0.1) is 13.8 Å². The van der Waals surface area contributed by atoms with Gasteiger partial charge in [0, 0.05) is 11.4 Å². The predicted molar refractivity (Wildman–Crippen MR) is 101 cm³/mol. The smallest absolute Gasteiger partial charge is 0.175 e. The third-order valence-electron chi connectivity index (χ3n) is 3.70. The molecule has 2 aromatic rings. The lowest BCUT2D eigenvalue weighted by molar-refractivity contribution is 0.796. The molecule has 3 heteroatoms. The van der Waals surface area contributed by atoms with E-state index >= 15 is 0 Å². The Bertz CT molecular complexity index is 650. The highest BCUT2D eigenvalue weighted by atomic mass is 32.1. The lowest BCUT2D eigenvalue weighted by atomic mass is 10.1. The van der Waals surface area contributed by atoms with Crippen molar-refractivity contribution < 1.29 is 0 Å². The molecule has 0 unspecified atom stereocenters. The molecular formula is C19H24N2S. The maximum atomic E-state index is 5.46. The number of hydrogen-bond donors (Lipinski definition) is 2. The molecule has 0 bridgehead atoms. The summed E-state index contributed by atoms with van der Waals surface area (Å²) >= 11 is 5.46. The highest BCUT2D eigenvalue weighted by Crippen LogP contribution is 2.19. The van der Waals surface area contributed by atoms with E-state index in [0.29, 0.717) is 5.11 Å². The molecule has 0 aliphatic carbocycles. The number of aryl methyl sites for hydroxylation is 3. The number of para-hydroxylation sites is 1. The van der Waals surface area contributed by atoms with Crippen LogP contribution < -0.4 is 10.6 Å². The molecule has 0 fully saturated rings. The second kappa shape index (κ2) is 7.95. The molecule has 0 atom stereocenters. The molecule has 0 saturated heterocycles. The van der Waals surface area contributed by atoms with Gasteiger partial charge < -0.3 is 10.6 Å². The molecule has 0 spiro atoms. The number of hydrogen-bond acceptors (Lipinski definition) is 1. The highest BCUT2D eigenvalue weighted by Gasteiger charge is 2.05. The maximum Gasteiger partial charge on any atom is 0.175 e. The van der Waals surface area contributed by atoms with E-state index in [0.717, 1.165) is 17.8 Å². The summed E-state index contributed by atoms with van der Waals surface area (Å²) in [5.74, 6) is 0. The summed E-state index contributed by atoms with van der Waals surface area (Å²) in [5.41, 5.74) is 5.91. The van der Waals surface area contributed by atoms with E-state index in [9.17, 15) is 0 Å². The average Bonchev–Trinajstić information content (AvgIpc) is 2.49. The molecule has 2 rings (SSSR count). The number of unbranched alkanes of at least 4 members (excludes halogenated alkanes) is 1. The predicted octanol–water partition coefficient (Wildman–Crippen LogP) is 5.45. The molecule has 22 heavy (non-hydrogen) atoms. The van der Waals surface area contributed by atoms with Crippen LogP contribution in [0.15, 0.2) is 42.5 Å². The first-order valence-corrected chi connectivity index (χ1v) is 8.24. The largest absolute Gasteiger partial charge is 0.332 e. The Labute approximate surface area is 139 Å². The van der Waals surface area contributed by atoms with E-state index in [1.807, 2.05) is 6.07 Å². The van der Waals surface area contributed by atoms with Crippen LogP contribution in [0.1, 0.15) is 36.5 Å². The van der Waals surface area contributed by atoms with Crippen LogP contribution in [0.25, 0.3) is 0 Å². The van der Waals surface area contributed by atoms with Crippen molar-refractivity contribution in [1.29, 1.82) is 0 Å². The Morgan fingerprint density at radius 1 is 1.00 bits per heavy atom. The first-order valence-electron chi connectivity index (χ1n) is 7.83. The average molecular weight is 312 g/mol. The minimum Gasteiger partial charge on any atom is -0.332 e. The fourth-order valence-corrected chi connectivity index (χ4v) is 2.68. The van der Waals surface area contributed by atoms with Crippen LogP contribution in [-0.2, 0) is 6.42 Å². The fourth-order valence-electron chi connectivity index (χ4n) is 2.46. The first kappa shape index (κ1) is 16.5. The van der Waals surface area contributed by atoms with Gasteiger partial charge in [0.2, 0.25) is 0 Å². The molecule has 2 aromatic carbocycles. The van der Waals surface area contributed by atoms with Crippen molar-refractivity contribution in [3.05, 3.63) is 59.2 Å². The number of rotatable bonds is 5. The molecule has 2 nitrogen and oxygen atoms in total. The quantitative estimate of drug-likeness (QED) is 0.717. The molecule has 0 saturated carbocycles. The molecule has 0 aliphatic rings.